The number of nitrogens with zero attached hydrogens (tertiary/aromatic N) is 12. The second-order valence-electron chi connectivity index (χ2n) is 19.4. The summed E-state index contributed by atoms with van der Waals surface area (Å²) in [7, 11) is 0. The Balaban J connectivity index is 0.000000279. The van der Waals surface area contributed by atoms with Crippen LogP contribution in [-0.2, 0) is 43.2 Å². The van der Waals surface area contributed by atoms with Gasteiger partial charge >= 0.3 is 17.1 Å². The zero-order chi connectivity index (χ0) is 63.1. The molecule has 0 aliphatic carbocycles. The molecule has 2 aliphatic heterocycles. The van der Waals surface area contributed by atoms with E-state index in [-0.39, 0.29) is 17.1 Å². The zero-order valence-electron chi connectivity index (χ0n) is 52.7. The first-order chi connectivity index (χ1) is 43.2. The fourth-order valence-corrected chi connectivity index (χ4v) is 8.04. The van der Waals surface area contributed by atoms with E-state index < -0.39 is 0 Å². The molecular weight excluding hydrogens is 1160 g/mol. The Labute approximate surface area is 535 Å². The van der Waals surface area contributed by atoms with Crippen LogP contribution in [0.15, 0.2) is 219 Å². The third-order valence-corrected chi connectivity index (χ3v) is 12.8. The molecule has 13 rings (SSSR count). The molecule has 4 aromatic carbocycles. The standard InChI is InChI=1S/C32H16N8.4C7H10N.4C3H8O.Cu/c1-2-10-18-17(9-1)25-33-26(18)38-28-21-13-5-6-14-22(21)30(35-28)40-32-24-16-8-7-15-23(24)31(36-32)39-29-20-12-4-3-11-19(20)27(34-29)37-25;4*1-2-8-6-4-3-5-7-8;4*1-2-3-4;/h1-16H;4*3-7H,2H2,1H3;4*4H,2-3H2,1H3;/q-2;4*+1;;;;;+2. The van der Waals surface area contributed by atoms with Crippen LogP contribution in [0.4, 0.5) is 0 Å². The fourth-order valence-electron chi connectivity index (χ4n) is 8.04. The van der Waals surface area contributed by atoms with Crippen LogP contribution in [0, 0.1) is 0 Å². The number of hydrogen-bond acceptors (Lipinski definition) is 10. The normalized spacial score (nSPS) is 10.0. The second kappa shape index (κ2) is 42.1. The Morgan fingerprint density at radius 3 is 0.607 bits per heavy atom. The van der Waals surface area contributed by atoms with Crippen molar-refractivity contribution in [2.45, 2.75) is 107 Å². The molecule has 0 atom stereocenters. The Morgan fingerprint density at radius 2 is 0.449 bits per heavy atom. The number of aromatic nitrogens is 12. The van der Waals surface area contributed by atoms with Crippen LogP contribution in [0.3, 0.4) is 0 Å². The van der Waals surface area contributed by atoms with Gasteiger partial charge in [0.1, 0.15) is 26.2 Å². The van der Waals surface area contributed by atoms with Crippen LogP contribution in [-0.4, -0.2) is 76.8 Å². The van der Waals surface area contributed by atoms with Gasteiger partial charge in [0.25, 0.3) is 0 Å². The first-order valence-electron chi connectivity index (χ1n) is 30.5. The monoisotopic (exact) mass is 1250 g/mol. The number of aryl methyl sites for hydroxylation is 4. The van der Waals surface area contributed by atoms with Crippen LogP contribution < -0.4 is 28.2 Å². The van der Waals surface area contributed by atoms with Gasteiger partial charge in [0, 0.05) is 120 Å². The average Bonchev–Trinajstić information content (AvgIpc) is 1.69. The summed E-state index contributed by atoms with van der Waals surface area (Å²) >= 11 is 0. The molecule has 0 spiro atoms. The molecule has 89 heavy (non-hydrogen) atoms. The van der Waals surface area contributed by atoms with Crippen molar-refractivity contribution in [3.05, 3.63) is 219 Å². The summed E-state index contributed by atoms with van der Waals surface area (Å²) in [6.45, 7) is 21.7. The summed E-state index contributed by atoms with van der Waals surface area (Å²) in [6, 6.07) is 56.2. The number of aliphatic hydroxyl groups is 4. The average molecular weight is 1250 g/mol. The summed E-state index contributed by atoms with van der Waals surface area (Å²) < 4.78 is 8.50. The molecule has 17 heteroatoms. The molecule has 2 aliphatic rings. The van der Waals surface area contributed by atoms with Crippen LogP contribution in [0.1, 0.15) is 81.1 Å². The molecule has 1 radical (unpaired) electrons. The number of aliphatic hydroxyl groups excluding tert-OH is 4. The minimum absolute atomic E-state index is 0. The van der Waals surface area contributed by atoms with E-state index in [9.17, 15) is 0 Å². The third-order valence-electron chi connectivity index (χ3n) is 12.8. The van der Waals surface area contributed by atoms with Crippen molar-refractivity contribution in [3.8, 4) is 45.6 Å². The zero-order valence-corrected chi connectivity index (χ0v) is 53.7. The van der Waals surface area contributed by atoms with Crippen molar-refractivity contribution in [3.63, 3.8) is 0 Å². The Hall–Kier alpha value is -8.80. The van der Waals surface area contributed by atoms with Gasteiger partial charge in [0.15, 0.2) is 49.6 Å². The van der Waals surface area contributed by atoms with E-state index in [1.54, 1.807) is 0 Å². The third kappa shape index (κ3) is 23.0. The van der Waals surface area contributed by atoms with Gasteiger partial charge < -0.3 is 50.3 Å². The van der Waals surface area contributed by atoms with Crippen LogP contribution in [0.5, 0.6) is 0 Å². The van der Waals surface area contributed by atoms with E-state index in [1.165, 1.54) is 0 Å². The molecule has 8 bridgehead atoms. The number of hydrogen-bond donors (Lipinski definition) is 4. The van der Waals surface area contributed by atoms with E-state index in [0.717, 1.165) is 95.7 Å². The van der Waals surface area contributed by atoms with E-state index >= 15 is 0 Å². The van der Waals surface area contributed by atoms with Gasteiger partial charge in [-0.1, -0.05) is 149 Å². The predicted octanol–water partition coefficient (Wildman–Crippen LogP) is 11.7. The molecule has 0 fully saturated rings. The maximum atomic E-state index is 7.88. The van der Waals surface area contributed by atoms with E-state index in [4.69, 9.17) is 60.3 Å². The first kappa shape index (κ1) is 72.7. The molecule has 7 aromatic heterocycles. The molecule has 0 saturated carbocycles. The number of fused-ring (bicyclic) bond motifs is 20. The Bertz CT molecular complexity index is 3370. The second-order valence-corrected chi connectivity index (χ2v) is 19.4. The fraction of sp³-hybridized carbons (Fsp3) is 0.278. The van der Waals surface area contributed by atoms with Crippen LogP contribution in [0.2, 0.25) is 0 Å². The van der Waals surface area contributed by atoms with Gasteiger partial charge in [0.2, 0.25) is 0 Å². The first-order valence-corrected chi connectivity index (χ1v) is 30.5. The Kier molecular flexibility index (Phi) is 34.4. The SMILES string of the molecule is CCCO.CCCO.CCCO.CCCO.CC[n+]1ccccc1.CC[n+]1ccccc1.CC[n+]1ccccc1.CC[n+]1ccccc1.[Cu+2].c1ccc2c(c1)-c1nc-2nc2[n-]c(nc3nc(nc4[n-]c(n1)c1ccccc41)-c1ccccc1-3)c1ccccc21. The van der Waals surface area contributed by atoms with Gasteiger partial charge in [-0.25, -0.2) is 28.2 Å². The molecular formula is C72H88CuN12O4+4. The largest absolute Gasteiger partial charge is 2.00 e. The van der Waals surface area contributed by atoms with Crippen LogP contribution >= 0.6 is 0 Å². The molecule has 4 N–H and O–H groups in total. The smallest absolute Gasteiger partial charge is 0.396 e. The predicted molar refractivity (Wildman–Crippen MR) is 353 cm³/mol. The number of rotatable bonds is 8. The van der Waals surface area contributed by atoms with E-state index in [2.05, 4.69) is 95.5 Å². The van der Waals surface area contributed by atoms with E-state index in [0.29, 0.717) is 72.3 Å². The van der Waals surface area contributed by atoms with E-state index in [1.807, 2.05) is 198 Å². The molecule has 0 unspecified atom stereocenters. The summed E-state index contributed by atoms with van der Waals surface area (Å²) in [4.78, 5) is 39.3. The molecule has 9 heterocycles. The van der Waals surface area contributed by atoms with Gasteiger partial charge in [-0.05, 0) is 74.9 Å². The molecule has 16 nitrogen and oxygen atoms in total. The summed E-state index contributed by atoms with van der Waals surface area (Å²) in [5, 5.41) is 35.1. The molecule has 467 valence electrons. The van der Waals surface area contributed by atoms with Gasteiger partial charge in [-0.2, -0.15) is 0 Å². The Morgan fingerprint density at radius 1 is 0.270 bits per heavy atom. The summed E-state index contributed by atoms with van der Waals surface area (Å²) in [5.41, 5.74) is 5.78. The van der Waals surface area contributed by atoms with Crippen molar-refractivity contribution < 1.29 is 55.8 Å². The maximum absolute atomic E-state index is 7.88. The van der Waals surface area contributed by atoms with Crippen molar-refractivity contribution in [1.29, 1.82) is 0 Å². The van der Waals surface area contributed by atoms with Crippen molar-refractivity contribution in [1.82, 2.24) is 39.9 Å². The minimum Gasteiger partial charge on any atom is -0.396 e. The maximum Gasteiger partial charge on any atom is 2.00 e. The van der Waals surface area contributed by atoms with Crippen molar-refractivity contribution in [2.24, 2.45) is 0 Å². The van der Waals surface area contributed by atoms with Gasteiger partial charge in [-0.3, -0.25) is 0 Å². The topological polar surface area (TPSA) is 202 Å². The van der Waals surface area contributed by atoms with Crippen LogP contribution in [0.25, 0.3) is 89.7 Å². The number of benzene rings is 4. The minimum atomic E-state index is 0. The van der Waals surface area contributed by atoms with Crippen molar-refractivity contribution in [2.75, 3.05) is 26.4 Å². The summed E-state index contributed by atoms with van der Waals surface area (Å²) in [6.07, 6.45) is 19.9. The number of pyridine rings is 4. The molecule has 0 saturated heterocycles. The van der Waals surface area contributed by atoms with Crippen molar-refractivity contribution >= 4 is 44.1 Å². The van der Waals surface area contributed by atoms with Gasteiger partial charge in [0.05, 0.1) is 23.3 Å². The van der Waals surface area contributed by atoms with Gasteiger partial charge in [-0.15, -0.1) is 0 Å². The molecule has 0 amide bonds. The summed E-state index contributed by atoms with van der Waals surface area (Å²) in [5.74, 6) is 2.21. The molecule has 11 aromatic rings. The quantitative estimate of drug-likeness (QED) is 0.0829.